The first kappa shape index (κ1) is 24.2. The van der Waals surface area contributed by atoms with Gasteiger partial charge in [-0.1, -0.05) is 33.8 Å². The zero-order valence-corrected chi connectivity index (χ0v) is 19.5. The summed E-state index contributed by atoms with van der Waals surface area (Å²) in [4.78, 5) is 27.1. The normalized spacial score (nSPS) is 19.1. The molecule has 1 fully saturated rings. The number of hydrogen-bond donors (Lipinski definition) is 1. The summed E-state index contributed by atoms with van der Waals surface area (Å²) in [5, 5.41) is 10.6. The third kappa shape index (κ3) is 5.33. The second-order valence-electron chi connectivity index (χ2n) is 8.54. The maximum Gasteiger partial charge on any atom is 0.342 e. The van der Waals surface area contributed by atoms with E-state index in [2.05, 4.69) is 0 Å². The van der Waals surface area contributed by atoms with Crippen molar-refractivity contribution in [3.63, 3.8) is 0 Å². The lowest BCUT2D eigenvalue weighted by molar-refractivity contribution is -0.141. The minimum atomic E-state index is -3.14. The van der Waals surface area contributed by atoms with E-state index in [1.807, 2.05) is 33.8 Å². The van der Waals surface area contributed by atoms with Gasteiger partial charge in [-0.3, -0.25) is 4.79 Å². The molecule has 1 aliphatic rings. The minimum absolute atomic E-state index is 0.00852. The highest BCUT2D eigenvalue weighted by molar-refractivity contribution is 7.91. The van der Waals surface area contributed by atoms with Crippen LogP contribution in [0.25, 0.3) is 0 Å². The number of sulfone groups is 1. The second kappa shape index (κ2) is 9.37. The number of rotatable bonds is 7. The Kier molecular flexibility index (Phi) is 7.55. The molecule has 1 heterocycles. The Labute approximate surface area is 179 Å². The van der Waals surface area contributed by atoms with Gasteiger partial charge >= 0.3 is 5.97 Å². The van der Waals surface area contributed by atoms with E-state index in [1.165, 1.54) is 11.8 Å². The maximum absolute atomic E-state index is 12.9. The number of esters is 1. The molecule has 1 aromatic rings. The van der Waals surface area contributed by atoms with Crippen molar-refractivity contribution in [3.05, 3.63) is 28.8 Å². The van der Waals surface area contributed by atoms with Crippen molar-refractivity contribution in [2.24, 2.45) is 0 Å². The molecule has 8 heteroatoms. The molecule has 2 unspecified atom stereocenters. The zero-order valence-electron chi connectivity index (χ0n) is 18.6. The molecule has 1 N–H and O–H groups in total. The van der Waals surface area contributed by atoms with Crippen LogP contribution >= 0.6 is 0 Å². The number of aromatic hydroxyl groups is 1. The predicted octanol–water partition coefficient (Wildman–Crippen LogP) is 3.22. The number of benzene rings is 1. The van der Waals surface area contributed by atoms with Crippen LogP contribution in [-0.4, -0.2) is 60.5 Å². The molecule has 0 saturated carbocycles. The third-order valence-electron chi connectivity index (χ3n) is 5.57. The van der Waals surface area contributed by atoms with Gasteiger partial charge in [0.25, 0.3) is 5.91 Å². The molecule has 0 radical (unpaired) electrons. The number of ether oxygens (including phenoxy) is 1. The van der Waals surface area contributed by atoms with Crippen LogP contribution < -0.4 is 0 Å². The Morgan fingerprint density at radius 1 is 1.17 bits per heavy atom. The van der Waals surface area contributed by atoms with Crippen LogP contribution in [-0.2, 0) is 19.4 Å². The average molecular weight is 440 g/mol. The van der Waals surface area contributed by atoms with Gasteiger partial charge in [-0.25, -0.2) is 13.2 Å². The van der Waals surface area contributed by atoms with Crippen molar-refractivity contribution in [1.82, 2.24) is 4.90 Å². The zero-order chi connectivity index (χ0) is 22.8. The molecular formula is C22H33NO6S. The maximum atomic E-state index is 12.9. The van der Waals surface area contributed by atoms with E-state index in [9.17, 15) is 23.1 Å². The van der Waals surface area contributed by atoms with Crippen LogP contribution in [0.2, 0.25) is 0 Å². The lowest BCUT2D eigenvalue weighted by Crippen LogP contribution is -2.46. The Bertz CT molecular complexity index is 906. The number of phenolic OH excluding ortho intramolecular Hbond substituents is 1. The third-order valence-corrected chi connectivity index (χ3v) is 7.33. The van der Waals surface area contributed by atoms with Crippen LogP contribution in [0.5, 0.6) is 5.75 Å². The smallest absolute Gasteiger partial charge is 0.342 e. The highest BCUT2D eigenvalue weighted by Crippen LogP contribution is 2.33. The Morgan fingerprint density at radius 2 is 1.80 bits per heavy atom. The molecule has 2 rings (SSSR count). The number of likely N-dealkylation sites (N-methyl/N-ethyl adjacent to an activating group) is 1. The van der Waals surface area contributed by atoms with E-state index in [0.717, 1.165) is 5.56 Å². The van der Waals surface area contributed by atoms with Gasteiger partial charge in [0.2, 0.25) is 0 Å². The van der Waals surface area contributed by atoms with Gasteiger partial charge in [0, 0.05) is 12.6 Å². The Morgan fingerprint density at radius 3 is 2.27 bits per heavy atom. The molecule has 1 amide bonds. The van der Waals surface area contributed by atoms with Crippen molar-refractivity contribution in [2.45, 2.75) is 71.9 Å². The van der Waals surface area contributed by atoms with Gasteiger partial charge in [0.15, 0.2) is 15.9 Å². The first-order valence-corrected chi connectivity index (χ1v) is 12.3. The van der Waals surface area contributed by atoms with Gasteiger partial charge in [0.1, 0.15) is 11.3 Å². The van der Waals surface area contributed by atoms with Crippen LogP contribution in [0, 0.1) is 0 Å². The summed E-state index contributed by atoms with van der Waals surface area (Å²) in [7, 11) is -3.14. The molecule has 2 atom stereocenters. The Hall–Kier alpha value is -2.09. The quantitative estimate of drug-likeness (QED) is 0.655. The van der Waals surface area contributed by atoms with Crippen LogP contribution in [0.1, 0.15) is 81.3 Å². The molecule has 0 spiro atoms. The van der Waals surface area contributed by atoms with Crippen LogP contribution in [0.4, 0.5) is 0 Å². The number of amides is 1. The highest BCUT2D eigenvalue weighted by atomic mass is 32.2. The first-order chi connectivity index (χ1) is 13.9. The van der Waals surface area contributed by atoms with Gasteiger partial charge in [-0.05, 0) is 49.3 Å². The van der Waals surface area contributed by atoms with Gasteiger partial charge in [0.05, 0.1) is 11.5 Å². The van der Waals surface area contributed by atoms with E-state index in [-0.39, 0.29) is 34.7 Å². The predicted molar refractivity (Wildman–Crippen MR) is 116 cm³/mol. The Balaban J connectivity index is 2.23. The fourth-order valence-corrected chi connectivity index (χ4v) is 5.46. The number of hydrogen-bond acceptors (Lipinski definition) is 6. The van der Waals surface area contributed by atoms with Gasteiger partial charge in [-0.15, -0.1) is 0 Å². The van der Waals surface area contributed by atoms with Crippen molar-refractivity contribution >= 4 is 21.7 Å². The number of phenols is 1. The van der Waals surface area contributed by atoms with Gasteiger partial charge < -0.3 is 14.7 Å². The van der Waals surface area contributed by atoms with Crippen molar-refractivity contribution in [3.8, 4) is 5.75 Å². The van der Waals surface area contributed by atoms with Crippen molar-refractivity contribution in [2.75, 3.05) is 18.1 Å². The molecule has 1 saturated heterocycles. The first-order valence-electron chi connectivity index (χ1n) is 10.5. The molecule has 1 aliphatic heterocycles. The van der Waals surface area contributed by atoms with E-state index < -0.39 is 33.9 Å². The number of carbonyl (C=O) groups is 2. The van der Waals surface area contributed by atoms with E-state index in [4.69, 9.17) is 4.74 Å². The van der Waals surface area contributed by atoms with Crippen LogP contribution in [0.15, 0.2) is 12.1 Å². The largest absolute Gasteiger partial charge is 0.507 e. The fourth-order valence-electron chi connectivity index (χ4n) is 3.73. The standard InChI is InChI=1S/C22H33NO6S/c1-7-23(17-8-9-30(27,28)12-17)21(25)15(6)29-22(26)19-11-16(13(2)3)10-18(14(4)5)20(19)24/h10-11,13-15,17,24H,7-9,12H2,1-6H3. The number of carbonyl (C=O) groups excluding carboxylic acids is 2. The molecular weight excluding hydrogens is 406 g/mol. The topological polar surface area (TPSA) is 101 Å². The average Bonchev–Trinajstić information content (AvgIpc) is 3.01. The summed E-state index contributed by atoms with van der Waals surface area (Å²) >= 11 is 0. The van der Waals surface area contributed by atoms with Crippen LogP contribution in [0.3, 0.4) is 0 Å². The molecule has 168 valence electrons. The molecule has 0 aromatic heterocycles. The van der Waals surface area contributed by atoms with E-state index in [0.29, 0.717) is 18.5 Å². The summed E-state index contributed by atoms with van der Waals surface area (Å²) < 4.78 is 29.0. The monoisotopic (exact) mass is 439 g/mol. The summed E-state index contributed by atoms with van der Waals surface area (Å²) in [5.41, 5.74) is 1.59. The number of nitrogens with zero attached hydrogens (tertiary/aromatic N) is 1. The van der Waals surface area contributed by atoms with E-state index >= 15 is 0 Å². The SMILES string of the molecule is CCN(C(=O)C(C)OC(=O)c1cc(C(C)C)cc(C(C)C)c1O)C1CCS(=O)(=O)C1. The molecule has 0 bridgehead atoms. The highest BCUT2D eigenvalue weighted by Gasteiger charge is 2.36. The summed E-state index contributed by atoms with van der Waals surface area (Å²) in [6.45, 7) is 11.4. The fraction of sp³-hybridized carbons (Fsp3) is 0.636. The van der Waals surface area contributed by atoms with Crippen molar-refractivity contribution < 1.29 is 27.9 Å². The minimum Gasteiger partial charge on any atom is -0.507 e. The molecule has 0 aliphatic carbocycles. The lowest BCUT2D eigenvalue weighted by Gasteiger charge is -2.29. The second-order valence-corrected chi connectivity index (χ2v) is 10.8. The molecule has 7 nitrogen and oxygen atoms in total. The summed E-state index contributed by atoms with van der Waals surface area (Å²) in [6, 6.07) is 3.08. The molecule has 30 heavy (non-hydrogen) atoms. The molecule has 1 aromatic carbocycles. The lowest BCUT2D eigenvalue weighted by atomic mass is 9.92. The summed E-state index contributed by atoms with van der Waals surface area (Å²) in [5.74, 6) is -1.19. The van der Waals surface area contributed by atoms with Gasteiger partial charge in [-0.2, -0.15) is 0 Å². The van der Waals surface area contributed by atoms with Crippen molar-refractivity contribution in [1.29, 1.82) is 0 Å². The summed E-state index contributed by atoms with van der Waals surface area (Å²) in [6.07, 6.45) is -0.706. The van der Waals surface area contributed by atoms with E-state index in [1.54, 1.807) is 13.0 Å².